The van der Waals surface area contributed by atoms with Gasteiger partial charge in [-0.05, 0) is 0 Å². The zero-order chi connectivity index (χ0) is 21.7. The normalized spacial score (nSPS) is 25.0. The van der Waals surface area contributed by atoms with Crippen LogP contribution >= 0.6 is 0 Å². The van der Waals surface area contributed by atoms with E-state index in [9.17, 15) is 0 Å². The van der Waals surface area contributed by atoms with E-state index in [0.29, 0.717) is 55.7 Å². The number of ether oxygens (including phenoxy) is 1. The summed E-state index contributed by atoms with van der Waals surface area (Å²) in [5, 5.41) is 0. The molecule has 1 nitrogen and oxygen atoms in total. The van der Waals surface area contributed by atoms with Crippen LogP contribution in [0.25, 0.3) is 0 Å². The van der Waals surface area contributed by atoms with Crippen LogP contribution in [0.4, 0.5) is 0 Å². The van der Waals surface area contributed by atoms with Crippen LogP contribution in [0.1, 0.15) is 129 Å². The van der Waals surface area contributed by atoms with Gasteiger partial charge in [-0.2, -0.15) is 0 Å². The molecule has 1 saturated heterocycles. The minimum atomic E-state index is 0.401. The first kappa shape index (κ1) is 25.0. The molecule has 29 heavy (non-hydrogen) atoms. The molecule has 1 fully saturated rings. The van der Waals surface area contributed by atoms with Crippen molar-refractivity contribution in [1.82, 2.24) is 0 Å². The van der Waals surface area contributed by atoms with E-state index in [1.165, 1.54) is 37.7 Å². The second kappa shape index (κ2) is 11.4. The number of unbranched alkanes of at least 4 members (excludes halogenated alkanes) is 3. The van der Waals surface area contributed by atoms with Gasteiger partial charge in [-0.1, -0.05) is 0 Å². The van der Waals surface area contributed by atoms with Crippen molar-refractivity contribution in [2.45, 2.75) is 129 Å². The SMILES string of the molecule is CCCCCC[C@H]1O[C@@H](C)[C@H](C)[C@H]1[Se]c1c(C(C)C)cc(C(C)C)cc1C(C)C. The van der Waals surface area contributed by atoms with Gasteiger partial charge in [-0.15, -0.1) is 0 Å². The van der Waals surface area contributed by atoms with Gasteiger partial charge >= 0.3 is 188 Å². The van der Waals surface area contributed by atoms with Gasteiger partial charge in [0.1, 0.15) is 0 Å². The fourth-order valence-electron chi connectivity index (χ4n) is 4.43. The number of hydrogen-bond donors (Lipinski definition) is 0. The molecule has 0 radical (unpaired) electrons. The van der Waals surface area contributed by atoms with Gasteiger partial charge < -0.3 is 0 Å². The van der Waals surface area contributed by atoms with Crippen LogP contribution in [0, 0.1) is 5.92 Å². The average molecular weight is 466 g/mol. The summed E-state index contributed by atoms with van der Waals surface area (Å²) in [7, 11) is 0. The van der Waals surface area contributed by atoms with Crippen LogP contribution < -0.4 is 4.46 Å². The van der Waals surface area contributed by atoms with Crippen molar-refractivity contribution < 1.29 is 4.74 Å². The summed E-state index contributed by atoms with van der Waals surface area (Å²) in [6, 6.07) is 5.05. The molecule has 0 amide bonds. The van der Waals surface area contributed by atoms with Gasteiger partial charge in [0, 0.05) is 0 Å². The monoisotopic (exact) mass is 466 g/mol. The molecule has 1 aliphatic heterocycles. The molecule has 1 aliphatic rings. The van der Waals surface area contributed by atoms with E-state index in [2.05, 4.69) is 74.4 Å². The zero-order valence-electron chi connectivity index (χ0n) is 20.5. The second-order valence-electron chi connectivity index (χ2n) is 10.2. The summed E-state index contributed by atoms with van der Waals surface area (Å²) in [6.07, 6.45) is 7.46. The first-order valence-electron chi connectivity index (χ1n) is 12.2. The van der Waals surface area contributed by atoms with Gasteiger partial charge in [0.25, 0.3) is 0 Å². The van der Waals surface area contributed by atoms with Crippen molar-refractivity contribution in [2.24, 2.45) is 5.92 Å². The van der Waals surface area contributed by atoms with Crippen molar-refractivity contribution >= 4 is 19.4 Å². The predicted molar refractivity (Wildman–Crippen MR) is 130 cm³/mol. The molecule has 2 rings (SSSR count). The Bertz CT molecular complexity index is 604. The van der Waals surface area contributed by atoms with Gasteiger partial charge in [0.15, 0.2) is 0 Å². The number of benzene rings is 1. The fraction of sp³-hybridized carbons (Fsp3) is 0.778. The van der Waals surface area contributed by atoms with Crippen molar-refractivity contribution in [1.29, 1.82) is 0 Å². The van der Waals surface area contributed by atoms with Crippen molar-refractivity contribution in [2.75, 3.05) is 0 Å². The molecule has 0 bridgehead atoms. The molecule has 0 aliphatic carbocycles. The molecule has 0 N–H and O–H groups in total. The molecule has 0 aromatic heterocycles. The maximum atomic E-state index is 6.52. The molecule has 1 aromatic rings. The number of rotatable bonds is 10. The van der Waals surface area contributed by atoms with E-state index >= 15 is 0 Å². The molecular weight excluding hydrogens is 419 g/mol. The Morgan fingerprint density at radius 3 is 1.93 bits per heavy atom. The predicted octanol–water partition coefficient (Wildman–Crippen LogP) is 7.57. The van der Waals surface area contributed by atoms with Crippen LogP contribution in [0.15, 0.2) is 12.1 Å². The average Bonchev–Trinajstić information content (AvgIpc) is 2.92. The first-order chi connectivity index (χ1) is 13.7. The van der Waals surface area contributed by atoms with Gasteiger partial charge in [0.2, 0.25) is 0 Å². The van der Waals surface area contributed by atoms with Crippen molar-refractivity contribution in [3.8, 4) is 0 Å². The molecule has 0 saturated carbocycles. The Morgan fingerprint density at radius 2 is 1.45 bits per heavy atom. The topological polar surface area (TPSA) is 9.23 Å². The van der Waals surface area contributed by atoms with Crippen LogP contribution in [0.5, 0.6) is 0 Å². The van der Waals surface area contributed by atoms with Crippen LogP contribution in [0.3, 0.4) is 0 Å². The van der Waals surface area contributed by atoms with E-state index in [-0.39, 0.29) is 0 Å². The summed E-state index contributed by atoms with van der Waals surface area (Å²) >= 11 is 0.467. The molecular formula is C27H46OSe. The third kappa shape index (κ3) is 6.34. The van der Waals surface area contributed by atoms with E-state index in [1.807, 2.05) is 0 Å². The van der Waals surface area contributed by atoms with Gasteiger partial charge in [-0.3, -0.25) is 0 Å². The molecule has 0 unspecified atom stereocenters. The third-order valence-corrected chi connectivity index (χ3v) is 10.3. The van der Waals surface area contributed by atoms with Crippen LogP contribution in [-0.2, 0) is 4.74 Å². The van der Waals surface area contributed by atoms with Crippen LogP contribution in [0.2, 0.25) is 4.82 Å². The number of hydrogen-bond acceptors (Lipinski definition) is 1. The molecule has 166 valence electrons. The Hall–Kier alpha value is -0.301. The summed E-state index contributed by atoms with van der Waals surface area (Å²) in [4.78, 5) is 0.707. The Kier molecular flexibility index (Phi) is 9.78. The standard InChI is InChI=1S/C27H46OSe/c1-10-11-12-13-14-25-26(20(8)21(9)28-25)29-27-23(18(4)5)15-22(17(2)3)16-24(27)19(6)7/h15-21,25-26H,10-14H2,1-9H3/t20-,21-,25+,26+/m0/s1. The van der Waals surface area contributed by atoms with E-state index < -0.39 is 0 Å². The molecule has 0 spiro atoms. The Labute approximate surface area is 187 Å². The molecule has 1 aromatic carbocycles. The molecule has 4 atom stereocenters. The fourth-order valence-corrected chi connectivity index (χ4v) is 8.46. The first-order valence-corrected chi connectivity index (χ1v) is 14.0. The summed E-state index contributed by atoms with van der Waals surface area (Å²) in [6.45, 7) is 21.2. The van der Waals surface area contributed by atoms with E-state index in [1.54, 1.807) is 15.6 Å². The van der Waals surface area contributed by atoms with E-state index in [0.717, 1.165) is 0 Å². The minimum absolute atomic E-state index is 0.401. The van der Waals surface area contributed by atoms with Gasteiger partial charge in [-0.25, -0.2) is 0 Å². The van der Waals surface area contributed by atoms with Gasteiger partial charge in [0.05, 0.1) is 0 Å². The van der Waals surface area contributed by atoms with Crippen molar-refractivity contribution in [3.63, 3.8) is 0 Å². The summed E-state index contributed by atoms with van der Waals surface area (Å²) in [5.74, 6) is 2.42. The maximum absolute atomic E-state index is 6.52. The summed E-state index contributed by atoms with van der Waals surface area (Å²) < 4.78 is 8.21. The zero-order valence-corrected chi connectivity index (χ0v) is 22.3. The third-order valence-electron chi connectivity index (χ3n) is 6.69. The summed E-state index contributed by atoms with van der Waals surface area (Å²) in [5.41, 5.74) is 4.73. The Morgan fingerprint density at radius 1 is 0.862 bits per heavy atom. The van der Waals surface area contributed by atoms with E-state index in [4.69, 9.17) is 4.74 Å². The molecule has 2 heteroatoms. The Balaban J connectivity index is 2.36. The quantitative estimate of drug-likeness (QED) is 0.256. The second-order valence-corrected chi connectivity index (χ2v) is 12.7. The van der Waals surface area contributed by atoms with Crippen molar-refractivity contribution in [3.05, 3.63) is 28.8 Å². The van der Waals surface area contributed by atoms with Crippen LogP contribution in [-0.4, -0.2) is 27.2 Å². The molecule has 1 heterocycles.